The number of methoxy groups -OCH3 is 1. The van der Waals surface area contributed by atoms with Crippen molar-refractivity contribution in [2.24, 2.45) is 0 Å². The van der Waals surface area contributed by atoms with Crippen LogP contribution in [0.5, 0.6) is 0 Å². The van der Waals surface area contributed by atoms with Crippen LogP contribution in [0.4, 0.5) is 4.79 Å². The molecule has 0 saturated carbocycles. The fourth-order valence-corrected chi connectivity index (χ4v) is 2.19. The van der Waals surface area contributed by atoms with Gasteiger partial charge in [-0.15, -0.1) is 0 Å². The summed E-state index contributed by atoms with van der Waals surface area (Å²) in [5.74, 6) is -0.360. The van der Waals surface area contributed by atoms with Gasteiger partial charge in [0.2, 0.25) is 0 Å². The van der Waals surface area contributed by atoms with E-state index in [0.717, 1.165) is 12.0 Å². The van der Waals surface area contributed by atoms with E-state index in [4.69, 9.17) is 4.74 Å². The minimum Gasteiger partial charge on any atom is -0.466 e. The van der Waals surface area contributed by atoms with Crippen LogP contribution in [0.25, 0.3) is 0 Å². The molecule has 1 aromatic rings. The molecule has 0 saturated heterocycles. The maximum Gasteiger partial charge on any atom is 0.335 e. The summed E-state index contributed by atoms with van der Waals surface area (Å²) in [6.45, 7) is 0.452. The Hall–Kier alpha value is -2.30. The molecule has 1 aliphatic carbocycles. The van der Waals surface area contributed by atoms with Crippen molar-refractivity contribution in [2.45, 2.75) is 25.8 Å². The largest absolute Gasteiger partial charge is 0.466 e. The van der Waals surface area contributed by atoms with Gasteiger partial charge in [0.05, 0.1) is 12.7 Å². The van der Waals surface area contributed by atoms with Crippen LogP contribution in [0.1, 0.15) is 24.8 Å². The Bertz CT molecular complexity index is 523. The number of rotatable bonds is 4. The van der Waals surface area contributed by atoms with Crippen molar-refractivity contribution >= 4 is 12.0 Å². The standard InChI is InChI=1S/C15H18N2O3/c1-20-14(18)12-8-5-9-13(12)17-15(19)16-10-11-6-3-2-4-7-11/h2-4,6-7H,5,8-10H2,1H3,(H2,16,17,19). The van der Waals surface area contributed by atoms with Crippen LogP contribution in [0.2, 0.25) is 0 Å². The zero-order valence-corrected chi connectivity index (χ0v) is 11.4. The second kappa shape index (κ2) is 6.75. The van der Waals surface area contributed by atoms with Gasteiger partial charge in [-0.1, -0.05) is 30.3 Å². The minimum atomic E-state index is -0.360. The van der Waals surface area contributed by atoms with E-state index in [9.17, 15) is 9.59 Å². The molecule has 2 amide bonds. The highest BCUT2D eigenvalue weighted by molar-refractivity contribution is 5.91. The van der Waals surface area contributed by atoms with Crippen molar-refractivity contribution in [1.82, 2.24) is 10.6 Å². The molecule has 2 N–H and O–H groups in total. The van der Waals surface area contributed by atoms with Gasteiger partial charge in [-0.3, -0.25) is 0 Å². The minimum absolute atomic E-state index is 0.299. The van der Waals surface area contributed by atoms with E-state index in [0.29, 0.717) is 30.7 Å². The number of hydrogen-bond acceptors (Lipinski definition) is 3. The third-order valence-corrected chi connectivity index (χ3v) is 3.21. The summed E-state index contributed by atoms with van der Waals surface area (Å²) < 4.78 is 4.71. The lowest BCUT2D eigenvalue weighted by Gasteiger charge is -2.10. The second-order valence-corrected chi connectivity index (χ2v) is 4.60. The van der Waals surface area contributed by atoms with E-state index in [1.54, 1.807) is 0 Å². The highest BCUT2D eigenvalue weighted by Gasteiger charge is 2.22. The molecule has 20 heavy (non-hydrogen) atoms. The van der Waals surface area contributed by atoms with Gasteiger partial charge in [-0.25, -0.2) is 9.59 Å². The van der Waals surface area contributed by atoms with Crippen molar-refractivity contribution < 1.29 is 14.3 Å². The highest BCUT2D eigenvalue weighted by atomic mass is 16.5. The zero-order chi connectivity index (χ0) is 14.4. The van der Waals surface area contributed by atoms with Gasteiger partial charge in [0.1, 0.15) is 0 Å². The number of ether oxygens (including phenoxy) is 1. The Balaban J connectivity index is 1.89. The van der Waals surface area contributed by atoms with Gasteiger partial charge in [0.25, 0.3) is 0 Å². The van der Waals surface area contributed by atoms with Crippen LogP contribution in [0.3, 0.4) is 0 Å². The van der Waals surface area contributed by atoms with Crippen LogP contribution in [-0.4, -0.2) is 19.1 Å². The van der Waals surface area contributed by atoms with E-state index in [2.05, 4.69) is 10.6 Å². The Labute approximate surface area is 118 Å². The fraction of sp³-hybridized carbons (Fsp3) is 0.333. The maximum absolute atomic E-state index is 11.8. The molecule has 0 radical (unpaired) electrons. The van der Waals surface area contributed by atoms with Gasteiger partial charge in [-0.2, -0.15) is 0 Å². The summed E-state index contributed by atoms with van der Waals surface area (Å²) in [5.41, 5.74) is 2.26. The summed E-state index contributed by atoms with van der Waals surface area (Å²) in [4.78, 5) is 23.4. The lowest BCUT2D eigenvalue weighted by molar-refractivity contribution is -0.136. The molecule has 1 aromatic carbocycles. The molecular formula is C15H18N2O3. The number of benzene rings is 1. The van der Waals surface area contributed by atoms with Crippen molar-refractivity contribution in [3.8, 4) is 0 Å². The first-order chi connectivity index (χ1) is 9.70. The zero-order valence-electron chi connectivity index (χ0n) is 11.4. The molecule has 0 aliphatic heterocycles. The van der Waals surface area contributed by atoms with Crippen LogP contribution >= 0.6 is 0 Å². The van der Waals surface area contributed by atoms with Crippen molar-refractivity contribution in [3.63, 3.8) is 0 Å². The molecule has 0 atom stereocenters. The number of hydrogen-bond donors (Lipinski definition) is 2. The summed E-state index contributed by atoms with van der Waals surface area (Å²) in [6.07, 6.45) is 2.21. The van der Waals surface area contributed by atoms with Crippen LogP contribution < -0.4 is 10.6 Å². The number of allylic oxidation sites excluding steroid dienone is 1. The number of amides is 2. The number of esters is 1. The molecule has 0 bridgehead atoms. The smallest absolute Gasteiger partial charge is 0.335 e. The third kappa shape index (κ3) is 3.60. The molecule has 0 heterocycles. The molecule has 0 aromatic heterocycles. The molecule has 0 fully saturated rings. The van der Waals surface area contributed by atoms with E-state index in [1.165, 1.54) is 7.11 Å². The Kier molecular flexibility index (Phi) is 4.76. The van der Waals surface area contributed by atoms with Crippen LogP contribution in [0, 0.1) is 0 Å². The Morgan fingerprint density at radius 1 is 1.20 bits per heavy atom. The lowest BCUT2D eigenvalue weighted by atomic mass is 10.2. The molecular weight excluding hydrogens is 256 g/mol. The fourth-order valence-electron chi connectivity index (χ4n) is 2.19. The average molecular weight is 274 g/mol. The summed E-state index contributed by atoms with van der Waals surface area (Å²) in [6, 6.07) is 9.35. The summed E-state index contributed by atoms with van der Waals surface area (Å²) in [5, 5.41) is 5.51. The molecule has 0 unspecified atom stereocenters. The molecule has 5 nitrogen and oxygen atoms in total. The van der Waals surface area contributed by atoms with Crippen molar-refractivity contribution in [1.29, 1.82) is 0 Å². The number of nitrogens with one attached hydrogen (secondary N) is 2. The maximum atomic E-state index is 11.8. The Morgan fingerprint density at radius 3 is 2.65 bits per heavy atom. The van der Waals surface area contributed by atoms with Crippen LogP contribution in [0.15, 0.2) is 41.6 Å². The average Bonchev–Trinajstić information content (AvgIpc) is 2.93. The number of urea groups is 1. The number of carbonyl (C=O) groups excluding carboxylic acids is 2. The SMILES string of the molecule is COC(=O)C1=C(NC(=O)NCc2ccccc2)CCC1. The molecule has 0 spiro atoms. The quantitative estimate of drug-likeness (QED) is 0.826. The monoisotopic (exact) mass is 274 g/mol. The topological polar surface area (TPSA) is 67.4 Å². The summed E-state index contributed by atoms with van der Waals surface area (Å²) >= 11 is 0. The predicted molar refractivity (Wildman–Crippen MR) is 74.7 cm³/mol. The molecule has 106 valence electrons. The lowest BCUT2D eigenvalue weighted by Crippen LogP contribution is -2.34. The van der Waals surface area contributed by atoms with E-state index in [1.807, 2.05) is 30.3 Å². The first-order valence-corrected chi connectivity index (χ1v) is 6.60. The molecule has 1 aliphatic rings. The summed E-state index contributed by atoms with van der Waals surface area (Å²) in [7, 11) is 1.35. The van der Waals surface area contributed by atoms with Crippen molar-refractivity contribution in [3.05, 3.63) is 47.2 Å². The van der Waals surface area contributed by atoms with Gasteiger partial charge in [0.15, 0.2) is 0 Å². The highest BCUT2D eigenvalue weighted by Crippen LogP contribution is 2.24. The third-order valence-electron chi connectivity index (χ3n) is 3.21. The van der Waals surface area contributed by atoms with Crippen molar-refractivity contribution in [2.75, 3.05) is 7.11 Å². The first-order valence-electron chi connectivity index (χ1n) is 6.60. The molecule has 5 heteroatoms. The van der Waals surface area contributed by atoms with Crippen LogP contribution in [-0.2, 0) is 16.1 Å². The van der Waals surface area contributed by atoms with Gasteiger partial charge in [-0.05, 0) is 24.8 Å². The van der Waals surface area contributed by atoms with Gasteiger partial charge < -0.3 is 15.4 Å². The number of carbonyl (C=O) groups is 2. The second-order valence-electron chi connectivity index (χ2n) is 4.60. The molecule has 2 rings (SSSR count). The Morgan fingerprint density at radius 2 is 1.95 bits per heavy atom. The van der Waals surface area contributed by atoms with E-state index >= 15 is 0 Å². The van der Waals surface area contributed by atoms with Gasteiger partial charge in [0, 0.05) is 12.2 Å². The first kappa shape index (κ1) is 14.1. The predicted octanol–water partition coefficient (Wildman–Crippen LogP) is 2.10. The van der Waals surface area contributed by atoms with E-state index < -0.39 is 0 Å². The van der Waals surface area contributed by atoms with Gasteiger partial charge >= 0.3 is 12.0 Å². The normalized spacial score (nSPS) is 14.1. The van der Waals surface area contributed by atoms with E-state index in [-0.39, 0.29) is 12.0 Å².